The number of carbonyl (C=O) groups is 5. The molecule has 11 heteroatoms. The summed E-state index contributed by atoms with van der Waals surface area (Å²) < 4.78 is 3.97. The van der Waals surface area contributed by atoms with Crippen molar-refractivity contribution < 1.29 is 24.0 Å². The largest absolute Gasteiger partial charge is 0.350 e. The average Bonchev–Trinajstić information content (AvgIpc) is 3.28. The Labute approximate surface area is 181 Å². The summed E-state index contributed by atoms with van der Waals surface area (Å²) in [4.78, 5) is 66.0. The number of amides is 5. The molecule has 2 aliphatic heterocycles. The van der Waals surface area contributed by atoms with Gasteiger partial charge in [-0.05, 0) is 55.4 Å². The summed E-state index contributed by atoms with van der Waals surface area (Å²) in [5.41, 5.74) is 1.34. The van der Waals surface area contributed by atoms with Crippen molar-refractivity contribution in [3.8, 4) is 0 Å². The molecule has 0 saturated carbocycles. The molecule has 1 fully saturated rings. The number of nitrogens with one attached hydrogen (secondary N) is 2. The van der Waals surface area contributed by atoms with Crippen molar-refractivity contribution in [2.24, 2.45) is 0 Å². The SMILES string of the molecule is Cc1nsc(C(=O)NCCCc2ccc3c(c2)C(=O)N(C2CCC(=O)NC2=O)C3=O)n1. The van der Waals surface area contributed by atoms with Gasteiger partial charge in [-0.15, -0.1) is 0 Å². The standard InChI is InChI=1S/C20H19N5O5S/c1-10-22-18(31-24-10)17(28)21-8-2-3-11-4-5-12-13(9-11)20(30)25(19(12)29)14-6-7-15(26)23-16(14)27/h4-5,9,14H,2-3,6-8H2,1H3,(H,21,28)(H,23,26,27). The van der Waals surface area contributed by atoms with Crippen LogP contribution in [-0.2, 0) is 16.0 Å². The molecule has 2 N–H and O–H groups in total. The van der Waals surface area contributed by atoms with Crippen LogP contribution in [0.15, 0.2) is 18.2 Å². The van der Waals surface area contributed by atoms with Gasteiger partial charge in [0.15, 0.2) is 0 Å². The zero-order valence-corrected chi connectivity index (χ0v) is 17.5. The highest BCUT2D eigenvalue weighted by Crippen LogP contribution is 2.28. The van der Waals surface area contributed by atoms with E-state index in [1.807, 2.05) is 0 Å². The predicted octanol–water partition coefficient (Wildman–Crippen LogP) is 0.610. The van der Waals surface area contributed by atoms with E-state index in [4.69, 9.17) is 0 Å². The Morgan fingerprint density at radius 3 is 2.71 bits per heavy atom. The summed E-state index contributed by atoms with van der Waals surface area (Å²) in [5, 5.41) is 5.27. The third kappa shape index (κ3) is 4.08. The maximum atomic E-state index is 12.8. The highest BCUT2D eigenvalue weighted by atomic mass is 32.1. The lowest BCUT2D eigenvalue weighted by Gasteiger charge is -2.27. The monoisotopic (exact) mass is 441 g/mol. The van der Waals surface area contributed by atoms with Crippen LogP contribution in [-0.4, -0.2) is 56.4 Å². The van der Waals surface area contributed by atoms with Crippen molar-refractivity contribution in [1.29, 1.82) is 0 Å². The molecule has 0 radical (unpaired) electrons. The van der Waals surface area contributed by atoms with Gasteiger partial charge < -0.3 is 5.32 Å². The predicted molar refractivity (Wildman–Crippen MR) is 108 cm³/mol. The molecule has 1 saturated heterocycles. The van der Waals surface area contributed by atoms with E-state index in [1.165, 1.54) is 0 Å². The van der Waals surface area contributed by atoms with Gasteiger partial charge in [0.1, 0.15) is 11.9 Å². The quantitative estimate of drug-likeness (QED) is 0.495. The number of fused-ring (bicyclic) bond motifs is 1. The van der Waals surface area contributed by atoms with E-state index in [2.05, 4.69) is 20.0 Å². The number of aromatic nitrogens is 2. The molecule has 0 spiro atoms. The molecule has 3 heterocycles. The summed E-state index contributed by atoms with van der Waals surface area (Å²) in [5.74, 6) is -1.82. The van der Waals surface area contributed by atoms with Crippen LogP contribution >= 0.6 is 11.5 Å². The molecule has 2 aliphatic rings. The first-order valence-electron chi connectivity index (χ1n) is 9.78. The molecule has 1 aromatic heterocycles. The Morgan fingerprint density at radius 1 is 1.23 bits per heavy atom. The number of hydrogen-bond acceptors (Lipinski definition) is 8. The van der Waals surface area contributed by atoms with Crippen molar-refractivity contribution >= 4 is 41.1 Å². The number of hydrogen-bond donors (Lipinski definition) is 2. The molecule has 160 valence electrons. The Hall–Kier alpha value is -3.47. The molecule has 1 aromatic carbocycles. The van der Waals surface area contributed by atoms with Crippen LogP contribution < -0.4 is 10.6 Å². The van der Waals surface area contributed by atoms with E-state index in [0.29, 0.717) is 30.2 Å². The van der Waals surface area contributed by atoms with Gasteiger partial charge in [0, 0.05) is 13.0 Å². The van der Waals surface area contributed by atoms with Gasteiger partial charge in [0.2, 0.25) is 16.8 Å². The highest BCUT2D eigenvalue weighted by Gasteiger charge is 2.44. The Balaban J connectivity index is 1.37. The van der Waals surface area contributed by atoms with Crippen LogP contribution in [0, 0.1) is 6.92 Å². The van der Waals surface area contributed by atoms with Gasteiger partial charge >= 0.3 is 0 Å². The number of piperidine rings is 1. The Morgan fingerprint density at radius 2 is 2.00 bits per heavy atom. The molecular formula is C20H19N5O5S. The maximum absolute atomic E-state index is 12.8. The minimum absolute atomic E-state index is 0.0808. The summed E-state index contributed by atoms with van der Waals surface area (Å²) in [6.07, 6.45) is 1.41. The Kier molecular flexibility index (Phi) is 5.59. The second-order valence-corrected chi connectivity index (χ2v) is 8.09. The third-order valence-corrected chi connectivity index (χ3v) is 5.96. The number of carbonyl (C=O) groups excluding carboxylic acids is 5. The summed E-state index contributed by atoms with van der Waals surface area (Å²) in [7, 11) is 0. The minimum atomic E-state index is -0.979. The topological polar surface area (TPSA) is 138 Å². The summed E-state index contributed by atoms with van der Waals surface area (Å²) in [6, 6.07) is 4.01. The molecule has 1 unspecified atom stereocenters. The minimum Gasteiger partial charge on any atom is -0.350 e. The van der Waals surface area contributed by atoms with Gasteiger partial charge in [-0.1, -0.05) is 6.07 Å². The Bertz CT molecular complexity index is 1110. The van der Waals surface area contributed by atoms with E-state index >= 15 is 0 Å². The zero-order valence-electron chi connectivity index (χ0n) is 16.6. The number of benzene rings is 1. The molecule has 2 aromatic rings. The molecule has 5 amide bonds. The second-order valence-electron chi connectivity index (χ2n) is 7.33. The lowest BCUT2D eigenvalue weighted by molar-refractivity contribution is -0.136. The van der Waals surface area contributed by atoms with Gasteiger partial charge in [-0.25, -0.2) is 4.98 Å². The fourth-order valence-corrected chi connectivity index (χ4v) is 4.22. The number of imide groups is 2. The van der Waals surface area contributed by atoms with E-state index in [0.717, 1.165) is 22.0 Å². The fraction of sp³-hybridized carbons (Fsp3) is 0.350. The molecule has 0 bridgehead atoms. The van der Waals surface area contributed by atoms with Crippen LogP contribution in [0.2, 0.25) is 0 Å². The number of nitrogens with zero attached hydrogens (tertiary/aromatic N) is 3. The maximum Gasteiger partial charge on any atom is 0.281 e. The molecule has 1 atom stereocenters. The molecular weight excluding hydrogens is 422 g/mol. The van der Waals surface area contributed by atoms with Crippen molar-refractivity contribution in [3.05, 3.63) is 45.7 Å². The molecule has 31 heavy (non-hydrogen) atoms. The third-order valence-electron chi connectivity index (χ3n) is 5.15. The number of rotatable bonds is 6. The van der Waals surface area contributed by atoms with E-state index in [1.54, 1.807) is 25.1 Å². The first-order valence-corrected chi connectivity index (χ1v) is 10.6. The van der Waals surface area contributed by atoms with Crippen molar-refractivity contribution in [1.82, 2.24) is 24.9 Å². The van der Waals surface area contributed by atoms with Crippen LogP contribution in [0.4, 0.5) is 0 Å². The smallest absolute Gasteiger partial charge is 0.281 e. The van der Waals surface area contributed by atoms with Gasteiger partial charge in [0.25, 0.3) is 17.7 Å². The van der Waals surface area contributed by atoms with Gasteiger partial charge in [-0.2, -0.15) is 4.37 Å². The van der Waals surface area contributed by atoms with E-state index in [9.17, 15) is 24.0 Å². The van der Waals surface area contributed by atoms with Gasteiger partial charge in [-0.3, -0.25) is 34.2 Å². The van der Waals surface area contributed by atoms with Crippen molar-refractivity contribution in [2.75, 3.05) is 6.54 Å². The number of aryl methyl sites for hydroxylation is 2. The van der Waals surface area contributed by atoms with Crippen LogP contribution in [0.3, 0.4) is 0 Å². The molecule has 10 nitrogen and oxygen atoms in total. The summed E-state index contributed by atoms with van der Waals surface area (Å²) >= 11 is 1.04. The summed E-state index contributed by atoms with van der Waals surface area (Å²) in [6.45, 7) is 2.14. The molecule has 4 rings (SSSR count). The van der Waals surface area contributed by atoms with Gasteiger partial charge in [0.05, 0.1) is 11.1 Å². The van der Waals surface area contributed by atoms with Crippen molar-refractivity contribution in [3.63, 3.8) is 0 Å². The van der Waals surface area contributed by atoms with E-state index in [-0.39, 0.29) is 29.9 Å². The van der Waals surface area contributed by atoms with Crippen molar-refractivity contribution in [2.45, 2.75) is 38.6 Å². The normalized spacial score (nSPS) is 18.2. The zero-order chi connectivity index (χ0) is 22.1. The van der Waals surface area contributed by atoms with Crippen LogP contribution in [0.25, 0.3) is 0 Å². The van der Waals surface area contributed by atoms with E-state index < -0.39 is 29.7 Å². The first-order chi connectivity index (χ1) is 14.8. The molecule has 0 aliphatic carbocycles. The highest BCUT2D eigenvalue weighted by molar-refractivity contribution is 7.07. The lowest BCUT2D eigenvalue weighted by Crippen LogP contribution is -2.54. The lowest BCUT2D eigenvalue weighted by atomic mass is 10.0. The van der Waals surface area contributed by atoms with Crippen LogP contribution in [0.5, 0.6) is 0 Å². The fourth-order valence-electron chi connectivity index (χ4n) is 3.63. The van der Waals surface area contributed by atoms with Crippen LogP contribution in [0.1, 0.15) is 61.2 Å². The average molecular weight is 441 g/mol. The second kappa shape index (κ2) is 8.34. The first kappa shape index (κ1) is 20.8.